The van der Waals surface area contributed by atoms with E-state index in [1.807, 2.05) is 0 Å². The van der Waals surface area contributed by atoms with E-state index < -0.39 is 0 Å². The molecule has 0 amide bonds. The number of rotatable bonds is 7. The van der Waals surface area contributed by atoms with Gasteiger partial charge < -0.3 is 21.5 Å². The first-order valence-electron chi connectivity index (χ1n) is 11.3. The van der Waals surface area contributed by atoms with Crippen LogP contribution in [0.4, 0.5) is 0 Å². The Balaban J connectivity index is 0.00000225. The van der Waals surface area contributed by atoms with E-state index in [1.165, 1.54) is 127 Å². The van der Waals surface area contributed by atoms with E-state index in [4.69, 9.17) is 0 Å². The predicted octanol–water partition coefficient (Wildman–Crippen LogP) is 2.08. The van der Waals surface area contributed by atoms with Crippen LogP contribution in [0.2, 0.25) is 0 Å². The topological polar surface area (TPSA) is 3.24 Å². The number of nitrogens with zero attached hydrogens (tertiary/aromatic N) is 2. The molecule has 1 heterocycles. The van der Waals surface area contributed by atoms with E-state index in [0.717, 1.165) is 11.8 Å². The monoisotopic (exact) mass is 414 g/mol. The van der Waals surface area contributed by atoms with Crippen molar-refractivity contribution in [2.75, 3.05) is 46.3 Å². The maximum atomic E-state index is 2.92. The Bertz CT molecular complexity index is 322. The average Bonchev–Trinajstić information content (AvgIpc) is 2.62. The summed E-state index contributed by atoms with van der Waals surface area (Å²) in [6.07, 6.45) is 19.4. The van der Waals surface area contributed by atoms with Crippen LogP contribution in [0.25, 0.3) is 0 Å². The van der Waals surface area contributed by atoms with Gasteiger partial charge in [-0.15, -0.1) is 0 Å². The highest BCUT2D eigenvalue weighted by atomic mass is 79.9. The zero-order chi connectivity index (χ0) is 16.7. The molecule has 0 radical (unpaired) electrons. The maximum absolute atomic E-state index is 2.92. The van der Waals surface area contributed by atoms with Crippen LogP contribution in [-0.4, -0.2) is 55.7 Å². The Labute approximate surface area is 168 Å². The fourth-order valence-electron chi connectivity index (χ4n) is 5.61. The molecule has 0 atom stereocenters. The molecule has 25 heavy (non-hydrogen) atoms. The molecule has 0 spiro atoms. The number of hydrogen-bond acceptors (Lipinski definition) is 1. The fraction of sp³-hybridized carbons (Fsp3) is 1.00. The summed E-state index contributed by atoms with van der Waals surface area (Å²) in [6.45, 7) is 8.46. The number of halogens is 1. The minimum Gasteiger partial charge on any atom is -1.00 e. The molecular weight excluding hydrogens is 372 g/mol. The lowest BCUT2D eigenvalue weighted by Crippen LogP contribution is -3.00. The molecule has 2 aliphatic carbocycles. The van der Waals surface area contributed by atoms with Gasteiger partial charge in [0.1, 0.15) is 0 Å². The Hall–Kier alpha value is 0.400. The summed E-state index contributed by atoms with van der Waals surface area (Å²) in [5.41, 5.74) is 0. The van der Waals surface area contributed by atoms with Crippen LogP contribution in [0.5, 0.6) is 0 Å². The molecule has 0 aromatic carbocycles. The van der Waals surface area contributed by atoms with Crippen molar-refractivity contribution in [3.05, 3.63) is 0 Å². The van der Waals surface area contributed by atoms with Crippen molar-refractivity contribution in [2.24, 2.45) is 11.8 Å². The summed E-state index contributed by atoms with van der Waals surface area (Å²) in [7, 11) is 2.53. The van der Waals surface area contributed by atoms with Crippen LogP contribution in [0.3, 0.4) is 0 Å². The minimum atomic E-state index is 0. The third-order valence-electron chi connectivity index (χ3n) is 7.33. The van der Waals surface area contributed by atoms with Gasteiger partial charge in [-0.05, 0) is 56.8 Å². The van der Waals surface area contributed by atoms with E-state index in [0.29, 0.717) is 0 Å². The number of hydrogen-bond donors (Lipinski definition) is 0. The predicted molar refractivity (Wildman–Crippen MR) is 104 cm³/mol. The van der Waals surface area contributed by atoms with Crippen LogP contribution in [0, 0.1) is 11.8 Å². The van der Waals surface area contributed by atoms with Crippen molar-refractivity contribution < 1.29 is 21.5 Å². The molecular formula is C22H43BrN2. The van der Waals surface area contributed by atoms with Crippen LogP contribution in [-0.2, 0) is 0 Å². The van der Waals surface area contributed by atoms with Gasteiger partial charge in [0, 0.05) is 19.6 Å². The molecule has 1 aliphatic heterocycles. The van der Waals surface area contributed by atoms with Crippen LogP contribution in [0.15, 0.2) is 0 Å². The SMILES string of the molecule is C[N+]1(CCN(CC2CCCCC2)CC2CCCCC2)CCCCC1.[Br-]. The zero-order valence-corrected chi connectivity index (χ0v) is 18.4. The molecule has 1 saturated heterocycles. The molecule has 2 saturated carbocycles. The molecule has 3 aliphatic rings. The number of quaternary nitrogens is 1. The highest BCUT2D eigenvalue weighted by Gasteiger charge is 2.27. The lowest BCUT2D eigenvalue weighted by Gasteiger charge is -2.40. The molecule has 148 valence electrons. The van der Waals surface area contributed by atoms with Crippen molar-refractivity contribution >= 4 is 0 Å². The standard InChI is InChI=1S/C22H43N2.BrH/c1-24(16-9-4-10-17-24)18-15-23(19-21-11-5-2-6-12-21)20-22-13-7-3-8-14-22;/h21-22H,2-20H2,1H3;1H/q+1;/p-1. The molecule has 3 fully saturated rings. The summed E-state index contributed by atoms with van der Waals surface area (Å²) in [5.74, 6) is 2.02. The molecule has 0 N–H and O–H groups in total. The van der Waals surface area contributed by atoms with E-state index >= 15 is 0 Å². The lowest BCUT2D eigenvalue weighted by molar-refractivity contribution is -0.913. The lowest BCUT2D eigenvalue weighted by atomic mass is 9.87. The number of likely N-dealkylation sites (N-methyl/N-ethyl adjacent to an activating group) is 1. The molecule has 0 bridgehead atoms. The fourth-order valence-corrected chi connectivity index (χ4v) is 5.61. The second-order valence-corrected chi connectivity index (χ2v) is 9.62. The van der Waals surface area contributed by atoms with Gasteiger partial charge in [0.25, 0.3) is 0 Å². The molecule has 3 heteroatoms. The van der Waals surface area contributed by atoms with Gasteiger partial charge >= 0.3 is 0 Å². The van der Waals surface area contributed by atoms with E-state index in [2.05, 4.69) is 11.9 Å². The van der Waals surface area contributed by atoms with Gasteiger partial charge in [-0.2, -0.15) is 0 Å². The zero-order valence-electron chi connectivity index (χ0n) is 16.9. The summed E-state index contributed by atoms with van der Waals surface area (Å²) in [4.78, 5) is 2.92. The van der Waals surface area contributed by atoms with Gasteiger partial charge in [-0.25, -0.2) is 0 Å². The first-order chi connectivity index (χ1) is 11.7. The van der Waals surface area contributed by atoms with Crippen LogP contribution >= 0.6 is 0 Å². The summed E-state index contributed by atoms with van der Waals surface area (Å²) in [6, 6.07) is 0. The second kappa shape index (κ2) is 11.3. The first kappa shape index (κ1) is 21.7. The van der Waals surface area contributed by atoms with E-state index in [-0.39, 0.29) is 17.0 Å². The molecule has 3 rings (SSSR count). The summed E-state index contributed by atoms with van der Waals surface area (Å²) >= 11 is 0. The first-order valence-corrected chi connectivity index (χ1v) is 11.3. The van der Waals surface area contributed by atoms with Gasteiger partial charge in [-0.1, -0.05) is 38.5 Å². The molecule has 0 aromatic heterocycles. The van der Waals surface area contributed by atoms with Crippen LogP contribution < -0.4 is 17.0 Å². The number of piperidine rings is 1. The smallest absolute Gasteiger partial charge is 0.0913 e. The van der Waals surface area contributed by atoms with Gasteiger partial charge in [0.2, 0.25) is 0 Å². The minimum absolute atomic E-state index is 0. The maximum Gasteiger partial charge on any atom is 0.0913 e. The third kappa shape index (κ3) is 7.50. The molecule has 0 unspecified atom stereocenters. The summed E-state index contributed by atoms with van der Waals surface area (Å²) in [5, 5.41) is 0. The van der Waals surface area contributed by atoms with Crippen molar-refractivity contribution in [1.82, 2.24) is 4.90 Å². The third-order valence-corrected chi connectivity index (χ3v) is 7.33. The number of likely N-dealkylation sites (tertiary alicyclic amines) is 1. The highest BCUT2D eigenvalue weighted by Crippen LogP contribution is 2.28. The quantitative estimate of drug-likeness (QED) is 0.576. The van der Waals surface area contributed by atoms with Crippen LogP contribution in [0.1, 0.15) is 83.5 Å². The Morgan fingerprint density at radius 3 is 1.60 bits per heavy atom. The second-order valence-electron chi connectivity index (χ2n) is 9.62. The van der Waals surface area contributed by atoms with Crippen molar-refractivity contribution in [3.8, 4) is 0 Å². The van der Waals surface area contributed by atoms with Gasteiger partial charge in [-0.3, -0.25) is 4.90 Å². The largest absolute Gasteiger partial charge is 1.00 e. The van der Waals surface area contributed by atoms with E-state index in [1.54, 1.807) is 0 Å². The Morgan fingerprint density at radius 2 is 1.12 bits per heavy atom. The van der Waals surface area contributed by atoms with Crippen molar-refractivity contribution in [3.63, 3.8) is 0 Å². The van der Waals surface area contributed by atoms with Crippen molar-refractivity contribution in [2.45, 2.75) is 83.5 Å². The molecule has 0 aromatic rings. The van der Waals surface area contributed by atoms with E-state index in [9.17, 15) is 0 Å². The Kier molecular flexibility index (Phi) is 9.80. The van der Waals surface area contributed by atoms with Gasteiger partial charge in [0.15, 0.2) is 0 Å². The van der Waals surface area contributed by atoms with Gasteiger partial charge in [0.05, 0.1) is 26.7 Å². The normalized spacial score (nSPS) is 25.7. The Morgan fingerprint density at radius 1 is 0.680 bits per heavy atom. The highest BCUT2D eigenvalue weighted by molar-refractivity contribution is 4.75. The summed E-state index contributed by atoms with van der Waals surface area (Å²) < 4.78 is 1.35. The molecule has 2 nitrogen and oxygen atoms in total. The average molecular weight is 416 g/mol. The van der Waals surface area contributed by atoms with Crippen molar-refractivity contribution in [1.29, 1.82) is 0 Å².